The first-order valence-electron chi connectivity index (χ1n) is 10.5. The highest BCUT2D eigenvalue weighted by Crippen LogP contribution is 2.41. The van der Waals surface area contributed by atoms with Gasteiger partial charge in [0.2, 0.25) is 5.76 Å². The quantitative estimate of drug-likeness (QED) is 0.480. The Morgan fingerprint density at radius 3 is 2.59 bits per heavy atom. The molecule has 0 saturated heterocycles. The predicted molar refractivity (Wildman–Crippen MR) is 124 cm³/mol. The molecule has 2 heterocycles. The van der Waals surface area contributed by atoms with Gasteiger partial charge in [0.25, 0.3) is 5.91 Å². The van der Waals surface area contributed by atoms with Crippen LogP contribution in [0.3, 0.4) is 0 Å². The van der Waals surface area contributed by atoms with Crippen LogP contribution in [0.2, 0.25) is 0 Å². The standard InChI is InChI=1S/C26H25NO5/c1-5-12-27-23(17-9-11-20(31-13-6-2)21(15-17)30-7-3)22-24(28)18-14-16(4)8-10-19(18)32-25(22)26(27)29/h5-6,8-11,14-15,23H,1-2,7,12-13H2,3-4H3/t23-/m1/s1. The molecular formula is C26H25NO5. The van der Waals surface area contributed by atoms with Crippen molar-refractivity contribution in [1.82, 2.24) is 4.90 Å². The average Bonchev–Trinajstić information content (AvgIpc) is 3.06. The number of fused-ring (bicyclic) bond motifs is 2. The van der Waals surface area contributed by atoms with Crippen LogP contribution in [0.15, 0.2) is 70.9 Å². The Kier molecular flexibility index (Phi) is 5.86. The first-order valence-corrected chi connectivity index (χ1v) is 10.5. The maximum absolute atomic E-state index is 13.5. The molecule has 0 fully saturated rings. The molecule has 0 N–H and O–H groups in total. The maximum atomic E-state index is 13.5. The topological polar surface area (TPSA) is 69.0 Å². The van der Waals surface area contributed by atoms with Crippen LogP contribution < -0.4 is 14.9 Å². The highest BCUT2D eigenvalue weighted by Gasteiger charge is 2.42. The zero-order valence-electron chi connectivity index (χ0n) is 18.2. The Bertz CT molecular complexity index is 1270. The molecule has 0 saturated carbocycles. The van der Waals surface area contributed by atoms with Gasteiger partial charge >= 0.3 is 0 Å². The largest absolute Gasteiger partial charge is 0.490 e. The molecule has 0 unspecified atom stereocenters. The van der Waals surface area contributed by atoms with E-state index in [1.54, 1.807) is 35.3 Å². The number of carbonyl (C=O) groups is 1. The minimum Gasteiger partial charge on any atom is -0.490 e. The normalized spacial score (nSPS) is 15.0. The second-order valence-corrected chi connectivity index (χ2v) is 7.56. The van der Waals surface area contributed by atoms with Crippen LogP contribution in [0.1, 0.15) is 40.2 Å². The van der Waals surface area contributed by atoms with Gasteiger partial charge in [-0.25, -0.2) is 0 Å². The fourth-order valence-electron chi connectivity index (χ4n) is 4.04. The molecule has 0 aliphatic carbocycles. The molecule has 3 aromatic rings. The van der Waals surface area contributed by atoms with E-state index in [4.69, 9.17) is 13.9 Å². The van der Waals surface area contributed by atoms with Crippen LogP contribution >= 0.6 is 0 Å². The molecule has 1 atom stereocenters. The number of nitrogens with zero attached hydrogens (tertiary/aromatic N) is 1. The van der Waals surface area contributed by atoms with Crippen molar-refractivity contribution >= 4 is 16.9 Å². The van der Waals surface area contributed by atoms with Gasteiger partial charge in [-0.3, -0.25) is 9.59 Å². The first kappa shape index (κ1) is 21.4. The fourth-order valence-corrected chi connectivity index (χ4v) is 4.04. The Morgan fingerprint density at radius 2 is 1.88 bits per heavy atom. The lowest BCUT2D eigenvalue weighted by Gasteiger charge is -2.24. The molecule has 1 aliphatic rings. The van der Waals surface area contributed by atoms with E-state index in [2.05, 4.69) is 13.2 Å². The monoisotopic (exact) mass is 431 g/mol. The third-order valence-corrected chi connectivity index (χ3v) is 5.39. The molecule has 6 nitrogen and oxygen atoms in total. The van der Waals surface area contributed by atoms with Crippen molar-refractivity contribution in [2.45, 2.75) is 19.9 Å². The molecule has 6 heteroatoms. The zero-order valence-corrected chi connectivity index (χ0v) is 18.2. The van der Waals surface area contributed by atoms with Gasteiger partial charge in [-0.2, -0.15) is 0 Å². The van der Waals surface area contributed by atoms with E-state index < -0.39 is 6.04 Å². The summed E-state index contributed by atoms with van der Waals surface area (Å²) in [7, 11) is 0. The van der Waals surface area contributed by atoms with Crippen LogP contribution in [0, 0.1) is 6.92 Å². The number of aryl methyl sites for hydroxylation is 1. The number of rotatable bonds is 8. The van der Waals surface area contributed by atoms with E-state index >= 15 is 0 Å². The lowest BCUT2D eigenvalue weighted by Crippen LogP contribution is -2.29. The minimum absolute atomic E-state index is 0.0724. The summed E-state index contributed by atoms with van der Waals surface area (Å²) in [4.78, 5) is 28.4. The smallest absolute Gasteiger partial charge is 0.291 e. The van der Waals surface area contributed by atoms with Crippen molar-refractivity contribution in [2.24, 2.45) is 0 Å². The maximum Gasteiger partial charge on any atom is 0.291 e. The zero-order chi connectivity index (χ0) is 22.8. The number of hydrogen-bond acceptors (Lipinski definition) is 5. The van der Waals surface area contributed by atoms with Crippen LogP contribution in [-0.2, 0) is 0 Å². The van der Waals surface area contributed by atoms with E-state index in [0.29, 0.717) is 41.2 Å². The van der Waals surface area contributed by atoms with Gasteiger partial charge in [0, 0.05) is 6.54 Å². The summed E-state index contributed by atoms with van der Waals surface area (Å²) in [5.74, 6) is 0.835. The van der Waals surface area contributed by atoms with Crippen molar-refractivity contribution in [1.29, 1.82) is 0 Å². The second kappa shape index (κ2) is 8.75. The third kappa shape index (κ3) is 3.58. The summed E-state index contributed by atoms with van der Waals surface area (Å²) < 4.78 is 17.4. The molecule has 4 rings (SSSR count). The second-order valence-electron chi connectivity index (χ2n) is 7.56. The summed E-state index contributed by atoms with van der Waals surface area (Å²) in [5.41, 5.74) is 2.19. The van der Waals surface area contributed by atoms with Crippen molar-refractivity contribution in [3.8, 4) is 11.5 Å². The molecule has 1 amide bonds. The van der Waals surface area contributed by atoms with Gasteiger partial charge < -0.3 is 18.8 Å². The van der Waals surface area contributed by atoms with Gasteiger partial charge in [0.05, 0.1) is 23.6 Å². The Labute approximate surface area is 186 Å². The summed E-state index contributed by atoms with van der Waals surface area (Å²) in [6.07, 6.45) is 3.29. The summed E-state index contributed by atoms with van der Waals surface area (Å²) in [5, 5.41) is 0.456. The Hall–Kier alpha value is -3.80. The van der Waals surface area contributed by atoms with E-state index in [0.717, 1.165) is 11.1 Å². The average molecular weight is 431 g/mol. The molecule has 0 radical (unpaired) electrons. The third-order valence-electron chi connectivity index (χ3n) is 5.39. The van der Waals surface area contributed by atoms with Gasteiger partial charge in [-0.05, 0) is 43.7 Å². The number of amides is 1. The van der Waals surface area contributed by atoms with Crippen LogP contribution in [0.25, 0.3) is 11.0 Å². The molecule has 1 aromatic heterocycles. The molecule has 164 valence electrons. The Morgan fingerprint density at radius 1 is 1.06 bits per heavy atom. The van der Waals surface area contributed by atoms with Gasteiger partial charge in [-0.15, -0.1) is 6.58 Å². The van der Waals surface area contributed by atoms with Crippen molar-refractivity contribution in [2.75, 3.05) is 19.8 Å². The molecule has 0 bridgehead atoms. The van der Waals surface area contributed by atoms with Crippen LogP contribution in [-0.4, -0.2) is 30.6 Å². The first-order chi connectivity index (χ1) is 15.5. The highest BCUT2D eigenvalue weighted by molar-refractivity contribution is 5.99. The molecule has 32 heavy (non-hydrogen) atoms. The van der Waals surface area contributed by atoms with Crippen molar-refractivity contribution in [3.05, 3.63) is 94.4 Å². The van der Waals surface area contributed by atoms with E-state index in [-0.39, 0.29) is 23.6 Å². The van der Waals surface area contributed by atoms with Crippen molar-refractivity contribution in [3.63, 3.8) is 0 Å². The summed E-state index contributed by atoms with van der Waals surface area (Å²) in [6.45, 7) is 12.3. The summed E-state index contributed by atoms with van der Waals surface area (Å²) >= 11 is 0. The van der Waals surface area contributed by atoms with E-state index in [1.165, 1.54) is 0 Å². The number of benzene rings is 2. The minimum atomic E-state index is -0.621. The Balaban J connectivity index is 1.92. The number of ether oxygens (including phenoxy) is 2. The van der Waals surface area contributed by atoms with Crippen LogP contribution in [0.4, 0.5) is 0 Å². The predicted octanol–water partition coefficient (Wildman–Crippen LogP) is 4.80. The van der Waals surface area contributed by atoms with E-state index in [9.17, 15) is 9.59 Å². The molecular weight excluding hydrogens is 406 g/mol. The van der Waals surface area contributed by atoms with Gasteiger partial charge in [-0.1, -0.05) is 36.4 Å². The van der Waals surface area contributed by atoms with Gasteiger partial charge in [0.15, 0.2) is 16.9 Å². The molecule has 2 aromatic carbocycles. The lowest BCUT2D eigenvalue weighted by molar-refractivity contribution is 0.0748. The fraction of sp³-hybridized carbons (Fsp3) is 0.231. The molecule has 1 aliphatic heterocycles. The van der Waals surface area contributed by atoms with Gasteiger partial charge in [0.1, 0.15) is 12.2 Å². The van der Waals surface area contributed by atoms with Crippen molar-refractivity contribution < 1.29 is 18.7 Å². The SMILES string of the molecule is C=CCOc1ccc([C@@H]2c3c(oc4ccc(C)cc4c3=O)C(=O)N2CC=C)cc1OCC. The summed E-state index contributed by atoms with van der Waals surface area (Å²) in [6, 6.07) is 10.2. The number of hydrogen-bond donors (Lipinski definition) is 0. The molecule has 0 spiro atoms. The lowest BCUT2D eigenvalue weighted by atomic mass is 9.97. The number of carbonyl (C=O) groups excluding carboxylic acids is 1. The van der Waals surface area contributed by atoms with Crippen LogP contribution in [0.5, 0.6) is 11.5 Å². The highest BCUT2D eigenvalue weighted by atomic mass is 16.5. The van der Waals surface area contributed by atoms with E-state index in [1.807, 2.05) is 32.0 Å².